The van der Waals surface area contributed by atoms with E-state index in [0.717, 1.165) is 21.6 Å². The monoisotopic (exact) mass is 429 g/mol. The molecular weight excluding hydrogens is 402 g/mol. The van der Waals surface area contributed by atoms with Crippen molar-refractivity contribution in [3.05, 3.63) is 78.8 Å². The summed E-state index contributed by atoms with van der Waals surface area (Å²) in [7, 11) is 4.80. The SMILES string of the molecule is CCN(Cc1ccc(OCc2cccs2)c(OC)c1)Cc1cc(=O)n(C)c(=O)n1C. The Balaban J connectivity index is 1.74. The Hall–Kier alpha value is -2.84. The van der Waals surface area contributed by atoms with Crippen LogP contribution in [0.2, 0.25) is 0 Å². The van der Waals surface area contributed by atoms with E-state index in [2.05, 4.69) is 11.8 Å². The second-order valence-electron chi connectivity index (χ2n) is 7.03. The number of benzene rings is 1. The lowest BCUT2D eigenvalue weighted by Gasteiger charge is -2.22. The summed E-state index contributed by atoms with van der Waals surface area (Å²) in [5.41, 5.74) is 1.14. The Morgan fingerprint density at radius 3 is 2.50 bits per heavy atom. The van der Waals surface area contributed by atoms with Crippen molar-refractivity contribution in [3.63, 3.8) is 0 Å². The zero-order valence-electron chi connectivity index (χ0n) is 17.8. The highest BCUT2D eigenvalue weighted by atomic mass is 32.1. The molecule has 0 N–H and O–H groups in total. The maximum Gasteiger partial charge on any atom is 0.330 e. The van der Waals surface area contributed by atoms with Crippen LogP contribution in [0.1, 0.15) is 23.1 Å². The van der Waals surface area contributed by atoms with Crippen LogP contribution in [0.4, 0.5) is 0 Å². The van der Waals surface area contributed by atoms with Gasteiger partial charge in [0.15, 0.2) is 11.5 Å². The van der Waals surface area contributed by atoms with Crippen molar-refractivity contribution in [3.8, 4) is 11.5 Å². The Labute approximate surface area is 179 Å². The molecule has 0 aliphatic heterocycles. The van der Waals surface area contributed by atoms with E-state index in [1.165, 1.54) is 17.7 Å². The molecule has 0 unspecified atom stereocenters. The predicted molar refractivity (Wildman–Crippen MR) is 118 cm³/mol. The molecule has 0 saturated heterocycles. The zero-order chi connectivity index (χ0) is 21.7. The first-order chi connectivity index (χ1) is 14.4. The molecular formula is C22H27N3O4S. The van der Waals surface area contributed by atoms with E-state index in [0.29, 0.717) is 36.9 Å². The van der Waals surface area contributed by atoms with Gasteiger partial charge in [-0.25, -0.2) is 4.79 Å². The number of hydrogen-bond donors (Lipinski definition) is 0. The van der Waals surface area contributed by atoms with Crippen LogP contribution in [0.25, 0.3) is 0 Å². The lowest BCUT2D eigenvalue weighted by molar-refractivity contribution is 0.261. The first-order valence-corrected chi connectivity index (χ1v) is 10.6. The Morgan fingerprint density at radius 1 is 1.03 bits per heavy atom. The molecule has 0 saturated carbocycles. The van der Waals surface area contributed by atoms with Crippen molar-refractivity contribution in [1.82, 2.24) is 14.0 Å². The van der Waals surface area contributed by atoms with Gasteiger partial charge in [-0.05, 0) is 35.7 Å². The minimum Gasteiger partial charge on any atom is -0.493 e. The number of nitrogens with zero attached hydrogens (tertiary/aromatic N) is 3. The van der Waals surface area contributed by atoms with Gasteiger partial charge in [-0.15, -0.1) is 11.3 Å². The minimum atomic E-state index is -0.317. The number of aromatic nitrogens is 2. The van der Waals surface area contributed by atoms with Crippen LogP contribution < -0.4 is 20.7 Å². The third-order valence-electron chi connectivity index (χ3n) is 5.04. The summed E-state index contributed by atoms with van der Waals surface area (Å²) in [5.74, 6) is 1.38. The molecule has 0 atom stereocenters. The van der Waals surface area contributed by atoms with Crippen molar-refractivity contribution in [1.29, 1.82) is 0 Å². The topological polar surface area (TPSA) is 65.7 Å². The van der Waals surface area contributed by atoms with Gasteiger partial charge < -0.3 is 9.47 Å². The van der Waals surface area contributed by atoms with Crippen LogP contribution in [0.5, 0.6) is 11.5 Å². The molecule has 160 valence electrons. The Morgan fingerprint density at radius 2 is 1.83 bits per heavy atom. The van der Waals surface area contributed by atoms with Crippen molar-refractivity contribution in [2.75, 3.05) is 13.7 Å². The number of hydrogen-bond acceptors (Lipinski definition) is 6. The summed E-state index contributed by atoms with van der Waals surface area (Å²) in [6.07, 6.45) is 0. The molecule has 30 heavy (non-hydrogen) atoms. The van der Waals surface area contributed by atoms with Gasteiger partial charge in [0, 0.05) is 43.8 Å². The van der Waals surface area contributed by atoms with Crippen LogP contribution in [0, 0.1) is 0 Å². The molecule has 8 heteroatoms. The van der Waals surface area contributed by atoms with E-state index in [1.54, 1.807) is 25.5 Å². The second kappa shape index (κ2) is 9.77. The highest BCUT2D eigenvalue weighted by Gasteiger charge is 2.13. The molecule has 0 aliphatic rings. The van der Waals surface area contributed by atoms with Gasteiger partial charge in [0.05, 0.1) is 7.11 Å². The number of ether oxygens (including phenoxy) is 2. The van der Waals surface area contributed by atoms with Crippen LogP contribution >= 0.6 is 11.3 Å². The molecule has 7 nitrogen and oxygen atoms in total. The number of rotatable bonds is 9. The van der Waals surface area contributed by atoms with Crippen LogP contribution in [0.15, 0.2) is 51.4 Å². The van der Waals surface area contributed by atoms with Crippen molar-refractivity contribution in [2.24, 2.45) is 14.1 Å². The fourth-order valence-corrected chi connectivity index (χ4v) is 3.79. The molecule has 0 radical (unpaired) electrons. The lowest BCUT2D eigenvalue weighted by atomic mass is 10.1. The fourth-order valence-electron chi connectivity index (χ4n) is 3.17. The normalized spacial score (nSPS) is 11.1. The van der Waals surface area contributed by atoms with Gasteiger partial charge in [-0.3, -0.25) is 18.8 Å². The van der Waals surface area contributed by atoms with Gasteiger partial charge >= 0.3 is 5.69 Å². The summed E-state index contributed by atoms with van der Waals surface area (Å²) in [6.45, 7) is 4.47. The maximum absolute atomic E-state index is 12.2. The Bertz CT molecular complexity index is 1100. The third kappa shape index (κ3) is 5.01. The van der Waals surface area contributed by atoms with E-state index in [4.69, 9.17) is 9.47 Å². The largest absolute Gasteiger partial charge is 0.493 e. The number of methoxy groups -OCH3 is 1. The van der Waals surface area contributed by atoms with Gasteiger partial charge in [-0.1, -0.05) is 19.1 Å². The van der Waals surface area contributed by atoms with E-state index in [1.807, 2.05) is 35.7 Å². The Kier molecular flexibility index (Phi) is 7.12. The molecule has 2 heterocycles. The fraction of sp³-hybridized carbons (Fsp3) is 0.364. The lowest BCUT2D eigenvalue weighted by Crippen LogP contribution is -2.39. The molecule has 0 fully saturated rings. The summed E-state index contributed by atoms with van der Waals surface area (Å²) >= 11 is 1.65. The van der Waals surface area contributed by atoms with Gasteiger partial charge in [0.1, 0.15) is 6.61 Å². The van der Waals surface area contributed by atoms with Crippen molar-refractivity contribution >= 4 is 11.3 Å². The second-order valence-corrected chi connectivity index (χ2v) is 8.06. The maximum atomic E-state index is 12.2. The molecule has 0 spiro atoms. The van der Waals surface area contributed by atoms with Crippen LogP contribution in [-0.4, -0.2) is 27.7 Å². The van der Waals surface area contributed by atoms with Crippen molar-refractivity contribution < 1.29 is 9.47 Å². The smallest absolute Gasteiger partial charge is 0.330 e. The number of thiophene rings is 1. The molecule has 2 aromatic heterocycles. The summed E-state index contributed by atoms with van der Waals surface area (Å²) in [5, 5.41) is 2.02. The van der Waals surface area contributed by atoms with Crippen molar-refractivity contribution in [2.45, 2.75) is 26.6 Å². The zero-order valence-corrected chi connectivity index (χ0v) is 18.6. The molecule has 3 aromatic rings. The molecule has 1 aromatic carbocycles. The van der Waals surface area contributed by atoms with E-state index in [9.17, 15) is 9.59 Å². The minimum absolute atomic E-state index is 0.293. The standard InChI is InChI=1S/C22H27N3O4S/c1-5-25(14-17-12-21(26)24(3)22(27)23(17)2)13-16-8-9-19(20(11-16)28-4)29-15-18-7-6-10-30-18/h6-12H,5,13-15H2,1-4H3. The first kappa shape index (κ1) is 21.9. The third-order valence-corrected chi connectivity index (χ3v) is 5.89. The highest BCUT2D eigenvalue weighted by Crippen LogP contribution is 2.30. The van der Waals surface area contributed by atoms with E-state index >= 15 is 0 Å². The van der Waals surface area contributed by atoms with Gasteiger partial charge in [-0.2, -0.15) is 0 Å². The quantitative estimate of drug-likeness (QED) is 0.523. The van der Waals surface area contributed by atoms with Crippen LogP contribution in [-0.2, 0) is 33.8 Å². The summed E-state index contributed by atoms with van der Waals surface area (Å²) < 4.78 is 14.1. The average Bonchev–Trinajstić information content (AvgIpc) is 3.27. The van der Waals surface area contributed by atoms with Gasteiger partial charge in [0.2, 0.25) is 0 Å². The molecule has 0 bridgehead atoms. The van der Waals surface area contributed by atoms with Crippen LogP contribution in [0.3, 0.4) is 0 Å². The molecule has 3 rings (SSSR count). The highest BCUT2D eigenvalue weighted by molar-refractivity contribution is 7.09. The summed E-state index contributed by atoms with van der Waals surface area (Å²) in [6, 6.07) is 11.5. The molecule has 0 aliphatic carbocycles. The first-order valence-electron chi connectivity index (χ1n) is 9.73. The predicted octanol–water partition coefficient (Wildman–Crippen LogP) is 2.76. The summed E-state index contributed by atoms with van der Waals surface area (Å²) in [4.78, 5) is 27.5. The van der Waals surface area contributed by atoms with E-state index in [-0.39, 0.29) is 11.2 Å². The van der Waals surface area contributed by atoms with Gasteiger partial charge in [0.25, 0.3) is 5.56 Å². The average molecular weight is 430 g/mol. The van der Waals surface area contributed by atoms with E-state index < -0.39 is 0 Å². The molecule has 0 amide bonds.